The van der Waals surface area contributed by atoms with Crippen LogP contribution in [0.1, 0.15) is 36.0 Å². The maximum Gasteiger partial charge on any atom is 0.254 e. The summed E-state index contributed by atoms with van der Waals surface area (Å²) in [6.07, 6.45) is 6.92. The van der Waals surface area contributed by atoms with Crippen LogP contribution in [0.3, 0.4) is 0 Å². The van der Waals surface area contributed by atoms with Gasteiger partial charge < -0.3 is 15.4 Å². The number of amides is 3. The molecule has 9 nitrogen and oxygen atoms in total. The Morgan fingerprint density at radius 2 is 1.44 bits per heavy atom. The number of primary amides is 1. The van der Waals surface area contributed by atoms with Crippen LogP contribution in [-0.4, -0.2) is 52.0 Å². The summed E-state index contributed by atoms with van der Waals surface area (Å²) in [6.45, 7) is 9.92. The van der Waals surface area contributed by atoms with E-state index in [0.717, 1.165) is 38.1 Å². The molecule has 2 aliphatic rings. The Morgan fingerprint density at radius 1 is 0.795 bits per heavy atom. The molecular weight excluding hydrogens is 494 g/mol. The Bertz CT molecular complexity index is 1340. The molecule has 1 fully saturated rings. The van der Waals surface area contributed by atoms with E-state index in [1.54, 1.807) is 16.8 Å². The second-order valence-corrected chi connectivity index (χ2v) is 9.21. The molecule has 9 heteroatoms. The summed E-state index contributed by atoms with van der Waals surface area (Å²) < 4.78 is 7.47. The van der Waals surface area contributed by atoms with E-state index in [4.69, 9.17) is 10.5 Å². The summed E-state index contributed by atoms with van der Waals surface area (Å²) in [5, 5.41) is 4.57. The highest BCUT2D eigenvalue weighted by Crippen LogP contribution is 2.34. The van der Waals surface area contributed by atoms with Crippen LogP contribution < -0.4 is 15.4 Å². The van der Waals surface area contributed by atoms with Crippen molar-refractivity contribution < 1.29 is 19.1 Å². The van der Waals surface area contributed by atoms with Crippen molar-refractivity contribution in [1.82, 2.24) is 14.7 Å². The van der Waals surface area contributed by atoms with Gasteiger partial charge in [0.05, 0.1) is 0 Å². The topological polar surface area (TPSA) is 111 Å². The number of anilines is 1. The van der Waals surface area contributed by atoms with Crippen molar-refractivity contribution in [2.45, 2.75) is 32.2 Å². The summed E-state index contributed by atoms with van der Waals surface area (Å²) in [7, 11) is 0. The molecule has 2 N–H and O–H groups in total. The number of piperidine rings is 1. The number of para-hydroxylation sites is 1. The van der Waals surface area contributed by atoms with Crippen LogP contribution in [0.5, 0.6) is 11.5 Å². The summed E-state index contributed by atoms with van der Waals surface area (Å²) in [6, 6.07) is 16.7. The number of carbonyl (C=O) groups is 3. The van der Waals surface area contributed by atoms with Crippen molar-refractivity contribution in [3.63, 3.8) is 0 Å². The summed E-state index contributed by atoms with van der Waals surface area (Å²) >= 11 is 0. The maximum atomic E-state index is 12.3. The molecule has 0 spiro atoms. The minimum absolute atomic E-state index is 0.0831. The van der Waals surface area contributed by atoms with E-state index >= 15 is 0 Å². The van der Waals surface area contributed by atoms with Crippen molar-refractivity contribution in [2.75, 3.05) is 24.5 Å². The summed E-state index contributed by atoms with van der Waals surface area (Å²) in [5.41, 5.74) is 7.07. The van der Waals surface area contributed by atoms with Gasteiger partial charge in [-0.3, -0.25) is 19.3 Å². The molecule has 3 heterocycles. The van der Waals surface area contributed by atoms with Crippen molar-refractivity contribution in [2.24, 2.45) is 5.73 Å². The van der Waals surface area contributed by atoms with Crippen molar-refractivity contribution in [1.29, 1.82) is 0 Å². The molecule has 0 bridgehead atoms. The first kappa shape index (κ1) is 27.4. The molecule has 3 aromatic rings. The lowest BCUT2D eigenvalue weighted by Gasteiger charge is -2.27. The van der Waals surface area contributed by atoms with E-state index < -0.39 is 5.91 Å². The van der Waals surface area contributed by atoms with Gasteiger partial charge in [-0.25, -0.2) is 4.68 Å². The normalized spacial score (nSPS) is 14.4. The fourth-order valence-electron chi connectivity index (χ4n) is 4.67. The largest absolute Gasteiger partial charge is 0.457 e. The van der Waals surface area contributed by atoms with Gasteiger partial charge >= 0.3 is 0 Å². The number of likely N-dealkylation sites (tertiary alicyclic amines) is 1. The number of aryl methyl sites for hydroxylation is 1. The quantitative estimate of drug-likeness (QED) is 0.473. The summed E-state index contributed by atoms with van der Waals surface area (Å²) in [5.74, 6) is 0.983. The molecule has 0 aliphatic carbocycles. The molecule has 2 aromatic carbocycles. The van der Waals surface area contributed by atoms with Crippen LogP contribution in [-0.2, 0) is 16.1 Å². The predicted octanol–water partition coefficient (Wildman–Crippen LogP) is 4.55. The van der Waals surface area contributed by atoms with Crippen molar-refractivity contribution in [3.05, 3.63) is 85.5 Å². The minimum atomic E-state index is -0.630. The van der Waals surface area contributed by atoms with Crippen LogP contribution in [0.25, 0.3) is 11.3 Å². The fourth-order valence-corrected chi connectivity index (χ4v) is 4.67. The number of nitrogens with zero attached hydrogens (tertiary/aromatic N) is 4. The number of hydrogen-bond acceptors (Lipinski definition) is 5. The van der Waals surface area contributed by atoms with Gasteiger partial charge in [0.2, 0.25) is 5.91 Å². The number of ether oxygens (including phenoxy) is 1. The van der Waals surface area contributed by atoms with Gasteiger partial charge in [-0.05, 0) is 74.2 Å². The molecule has 1 saturated heterocycles. The van der Waals surface area contributed by atoms with Gasteiger partial charge in [-0.15, -0.1) is 0 Å². The minimum Gasteiger partial charge on any atom is -0.457 e. The zero-order chi connectivity index (χ0) is 27.8. The third-order valence-corrected chi connectivity index (χ3v) is 6.57. The first-order valence-electron chi connectivity index (χ1n) is 13.0. The SMILES string of the molecule is C=CC(=O)N1CCCCC1.C=CC(=O)N1CCCn2nc(-c3ccc(Oc4ccccc4)cc3)c(C(N)=O)c21. The number of nitrogens with two attached hydrogens (primary N) is 1. The molecule has 1 aromatic heterocycles. The highest BCUT2D eigenvalue weighted by Gasteiger charge is 2.31. The second kappa shape index (κ2) is 12.7. The first-order chi connectivity index (χ1) is 18.9. The predicted molar refractivity (Wildman–Crippen MR) is 150 cm³/mol. The Hall–Kier alpha value is -4.66. The van der Waals surface area contributed by atoms with Gasteiger partial charge in [0.25, 0.3) is 11.8 Å². The lowest BCUT2D eigenvalue weighted by atomic mass is 10.1. The average molecular weight is 528 g/mol. The van der Waals surface area contributed by atoms with E-state index in [9.17, 15) is 14.4 Å². The van der Waals surface area contributed by atoms with E-state index in [-0.39, 0.29) is 17.4 Å². The van der Waals surface area contributed by atoms with Crippen LogP contribution in [0.15, 0.2) is 79.9 Å². The molecular formula is C30H33N5O4. The van der Waals surface area contributed by atoms with E-state index in [0.29, 0.717) is 35.9 Å². The molecule has 3 amide bonds. The monoisotopic (exact) mass is 527 g/mol. The zero-order valence-electron chi connectivity index (χ0n) is 21.9. The van der Waals surface area contributed by atoms with Gasteiger partial charge in [-0.1, -0.05) is 31.4 Å². The van der Waals surface area contributed by atoms with Crippen LogP contribution in [0.2, 0.25) is 0 Å². The Labute approximate surface area is 228 Å². The molecule has 5 rings (SSSR count). The first-order valence-corrected chi connectivity index (χ1v) is 13.0. The third kappa shape index (κ3) is 6.43. The van der Waals surface area contributed by atoms with E-state index in [1.807, 2.05) is 47.4 Å². The Kier molecular flexibility index (Phi) is 8.94. The van der Waals surface area contributed by atoms with Gasteiger partial charge in [0, 0.05) is 31.7 Å². The second-order valence-electron chi connectivity index (χ2n) is 9.21. The zero-order valence-corrected chi connectivity index (χ0v) is 21.9. The lowest BCUT2D eigenvalue weighted by molar-refractivity contribution is -0.126. The summed E-state index contributed by atoms with van der Waals surface area (Å²) in [4.78, 5) is 38.9. The van der Waals surface area contributed by atoms with Crippen molar-refractivity contribution >= 4 is 23.5 Å². The van der Waals surface area contributed by atoms with Crippen LogP contribution >= 0.6 is 0 Å². The number of hydrogen-bond donors (Lipinski definition) is 1. The molecule has 0 saturated carbocycles. The molecule has 0 unspecified atom stereocenters. The van der Waals surface area contributed by atoms with Gasteiger partial charge in [0.15, 0.2) is 0 Å². The third-order valence-electron chi connectivity index (χ3n) is 6.57. The highest BCUT2D eigenvalue weighted by molar-refractivity contribution is 6.09. The van der Waals surface area contributed by atoms with E-state index in [2.05, 4.69) is 18.3 Å². The number of benzene rings is 2. The van der Waals surface area contributed by atoms with Crippen LogP contribution in [0.4, 0.5) is 5.82 Å². The molecule has 202 valence electrons. The van der Waals surface area contributed by atoms with E-state index in [1.165, 1.54) is 23.5 Å². The standard InChI is InChI=1S/C22H20N4O3.C8H13NO/c1-2-18(27)25-13-6-14-26-22(25)19(21(23)28)20(24-26)15-9-11-17(12-10-15)29-16-7-4-3-5-8-16;1-2-8(10)9-6-4-3-5-7-9/h2-5,7-12H,1,6,13-14H2,(H2,23,28);2H,1,3-7H2. The smallest absolute Gasteiger partial charge is 0.254 e. The van der Waals surface area contributed by atoms with Crippen molar-refractivity contribution in [3.8, 4) is 22.8 Å². The van der Waals surface area contributed by atoms with Gasteiger partial charge in [-0.2, -0.15) is 5.10 Å². The molecule has 39 heavy (non-hydrogen) atoms. The van der Waals surface area contributed by atoms with Crippen LogP contribution in [0, 0.1) is 0 Å². The maximum absolute atomic E-state index is 12.3. The Morgan fingerprint density at radius 3 is 2.05 bits per heavy atom. The molecule has 0 atom stereocenters. The number of aromatic nitrogens is 2. The fraction of sp³-hybridized carbons (Fsp3) is 0.267. The highest BCUT2D eigenvalue weighted by atomic mass is 16.5. The number of carbonyl (C=O) groups excluding carboxylic acids is 3. The average Bonchev–Trinajstić information content (AvgIpc) is 3.38. The number of fused-ring (bicyclic) bond motifs is 1. The molecule has 2 aliphatic heterocycles. The lowest BCUT2D eigenvalue weighted by Crippen LogP contribution is -2.37. The molecule has 0 radical (unpaired) electrons. The van der Waals surface area contributed by atoms with Gasteiger partial charge in [0.1, 0.15) is 28.6 Å². The number of rotatable bonds is 6. The Balaban J connectivity index is 0.000000298.